The number of nitrogens with one attached hydrogen (secondary N) is 3. The van der Waals surface area contributed by atoms with E-state index in [2.05, 4.69) is 16.0 Å². The van der Waals surface area contributed by atoms with E-state index in [1.807, 2.05) is 0 Å². The summed E-state index contributed by atoms with van der Waals surface area (Å²) in [5, 5.41) is 26.3. The standard InChI is InChI=1S/C15H15N3O4/c1-9(19)16-10-2-4-11(5-3-10)17-15(22)18-12-6-13(20)8-14(21)7-12/h2-8,20-21H,1H3,(H,16,19)(H2,17,18,22). The van der Waals surface area contributed by atoms with Crippen LogP contribution in [0, 0.1) is 0 Å². The van der Waals surface area contributed by atoms with Gasteiger partial charge in [0, 0.05) is 42.2 Å². The molecule has 0 aliphatic heterocycles. The lowest BCUT2D eigenvalue weighted by Crippen LogP contribution is -2.19. The van der Waals surface area contributed by atoms with Crippen molar-refractivity contribution in [1.82, 2.24) is 0 Å². The largest absolute Gasteiger partial charge is 0.508 e. The van der Waals surface area contributed by atoms with E-state index < -0.39 is 6.03 Å². The molecule has 0 fully saturated rings. The van der Waals surface area contributed by atoms with E-state index in [4.69, 9.17) is 0 Å². The number of carbonyl (C=O) groups is 2. The number of amides is 3. The molecule has 22 heavy (non-hydrogen) atoms. The van der Waals surface area contributed by atoms with Gasteiger partial charge in [0.1, 0.15) is 11.5 Å². The Hall–Kier alpha value is -3.22. The van der Waals surface area contributed by atoms with E-state index in [-0.39, 0.29) is 23.1 Å². The minimum atomic E-state index is -0.530. The van der Waals surface area contributed by atoms with Crippen LogP contribution in [0.2, 0.25) is 0 Å². The van der Waals surface area contributed by atoms with Crippen LogP contribution in [0.4, 0.5) is 21.9 Å². The Morgan fingerprint density at radius 2 is 1.23 bits per heavy atom. The van der Waals surface area contributed by atoms with Crippen molar-refractivity contribution >= 4 is 29.0 Å². The molecule has 0 atom stereocenters. The molecule has 7 heteroatoms. The number of hydrogen-bond acceptors (Lipinski definition) is 4. The Morgan fingerprint density at radius 1 is 0.773 bits per heavy atom. The summed E-state index contributed by atoms with van der Waals surface area (Å²) in [5.41, 5.74) is 1.40. The Labute approximate surface area is 126 Å². The summed E-state index contributed by atoms with van der Waals surface area (Å²) < 4.78 is 0. The summed E-state index contributed by atoms with van der Waals surface area (Å²) in [6, 6.07) is 9.80. The fraction of sp³-hybridized carbons (Fsp3) is 0.0667. The van der Waals surface area contributed by atoms with E-state index in [0.29, 0.717) is 11.4 Å². The SMILES string of the molecule is CC(=O)Nc1ccc(NC(=O)Nc2cc(O)cc(O)c2)cc1. The van der Waals surface area contributed by atoms with Crippen LogP contribution in [0.3, 0.4) is 0 Å². The second-order valence-corrected chi connectivity index (χ2v) is 4.58. The van der Waals surface area contributed by atoms with Gasteiger partial charge in [0.05, 0.1) is 0 Å². The molecule has 0 aliphatic rings. The molecule has 2 aromatic rings. The summed E-state index contributed by atoms with van der Waals surface area (Å²) in [7, 11) is 0. The van der Waals surface area contributed by atoms with Gasteiger partial charge < -0.3 is 26.2 Å². The number of carbonyl (C=O) groups excluding carboxylic acids is 2. The zero-order valence-corrected chi connectivity index (χ0v) is 11.8. The monoisotopic (exact) mass is 301 g/mol. The van der Waals surface area contributed by atoms with E-state index in [1.54, 1.807) is 24.3 Å². The molecule has 114 valence electrons. The number of aromatic hydroxyl groups is 2. The summed E-state index contributed by atoms with van der Waals surface area (Å²) >= 11 is 0. The fourth-order valence-corrected chi connectivity index (χ4v) is 1.80. The molecule has 0 aromatic heterocycles. The predicted molar refractivity (Wildman–Crippen MR) is 83.2 cm³/mol. The van der Waals surface area contributed by atoms with Gasteiger partial charge in [0.25, 0.3) is 0 Å². The van der Waals surface area contributed by atoms with Gasteiger partial charge in [-0.2, -0.15) is 0 Å². The molecule has 0 spiro atoms. The van der Waals surface area contributed by atoms with Crippen LogP contribution in [0.5, 0.6) is 11.5 Å². The number of hydrogen-bond donors (Lipinski definition) is 5. The molecule has 0 saturated heterocycles. The van der Waals surface area contributed by atoms with E-state index in [1.165, 1.54) is 19.1 Å². The van der Waals surface area contributed by atoms with Gasteiger partial charge >= 0.3 is 6.03 Å². The zero-order valence-electron chi connectivity index (χ0n) is 11.8. The maximum absolute atomic E-state index is 11.8. The average molecular weight is 301 g/mol. The third kappa shape index (κ3) is 4.41. The summed E-state index contributed by atoms with van der Waals surface area (Å²) in [6.45, 7) is 1.41. The molecular formula is C15H15N3O4. The third-order valence-electron chi connectivity index (χ3n) is 2.62. The smallest absolute Gasteiger partial charge is 0.323 e. The number of anilines is 3. The Morgan fingerprint density at radius 3 is 1.73 bits per heavy atom. The van der Waals surface area contributed by atoms with Crippen LogP contribution in [-0.4, -0.2) is 22.2 Å². The van der Waals surface area contributed by atoms with Crippen molar-refractivity contribution in [2.75, 3.05) is 16.0 Å². The van der Waals surface area contributed by atoms with Crippen LogP contribution in [-0.2, 0) is 4.79 Å². The van der Waals surface area contributed by atoms with Crippen molar-refractivity contribution in [3.63, 3.8) is 0 Å². The topological polar surface area (TPSA) is 111 Å². The summed E-state index contributed by atoms with van der Waals surface area (Å²) in [6.07, 6.45) is 0. The first-order chi connectivity index (χ1) is 10.4. The van der Waals surface area contributed by atoms with Gasteiger partial charge in [0.15, 0.2) is 0 Å². The molecule has 0 saturated carbocycles. The summed E-state index contributed by atoms with van der Waals surface area (Å²) in [4.78, 5) is 22.7. The zero-order chi connectivity index (χ0) is 16.1. The van der Waals surface area contributed by atoms with Gasteiger partial charge in [-0.05, 0) is 24.3 Å². The molecular weight excluding hydrogens is 286 g/mol. The van der Waals surface area contributed by atoms with Crippen LogP contribution in [0.25, 0.3) is 0 Å². The predicted octanol–water partition coefficient (Wildman–Crippen LogP) is 2.70. The van der Waals surface area contributed by atoms with Crippen LogP contribution >= 0.6 is 0 Å². The highest BCUT2D eigenvalue weighted by Gasteiger charge is 2.05. The van der Waals surface area contributed by atoms with Crippen molar-refractivity contribution in [1.29, 1.82) is 0 Å². The Bertz CT molecular complexity index is 678. The first-order valence-corrected chi connectivity index (χ1v) is 6.41. The molecule has 0 heterocycles. The molecule has 3 amide bonds. The Kier molecular flexibility index (Phi) is 4.47. The van der Waals surface area contributed by atoms with Gasteiger partial charge in [-0.15, -0.1) is 0 Å². The molecule has 2 rings (SSSR count). The molecule has 2 aromatic carbocycles. The highest BCUT2D eigenvalue weighted by atomic mass is 16.3. The second-order valence-electron chi connectivity index (χ2n) is 4.58. The molecule has 0 unspecified atom stereocenters. The maximum atomic E-state index is 11.8. The average Bonchev–Trinajstić information content (AvgIpc) is 2.39. The maximum Gasteiger partial charge on any atom is 0.323 e. The molecule has 0 bridgehead atoms. The first-order valence-electron chi connectivity index (χ1n) is 6.41. The molecule has 7 nitrogen and oxygen atoms in total. The van der Waals surface area contributed by atoms with Crippen molar-refractivity contribution in [2.45, 2.75) is 6.92 Å². The van der Waals surface area contributed by atoms with Gasteiger partial charge in [-0.3, -0.25) is 4.79 Å². The summed E-state index contributed by atoms with van der Waals surface area (Å²) in [5.74, 6) is -0.493. The van der Waals surface area contributed by atoms with Crippen LogP contribution in [0.15, 0.2) is 42.5 Å². The van der Waals surface area contributed by atoms with Gasteiger partial charge in [-0.25, -0.2) is 4.79 Å². The Balaban J connectivity index is 1.98. The molecule has 0 radical (unpaired) electrons. The minimum Gasteiger partial charge on any atom is -0.508 e. The van der Waals surface area contributed by atoms with Crippen LogP contribution < -0.4 is 16.0 Å². The number of urea groups is 1. The highest BCUT2D eigenvalue weighted by molar-refractivity contribution is 6.00. The lowest BCUT2D eigenvalue weighted by atomic mass is 10.2. The first kappa shape index (κ1) is 15.2. The van der Waals surface area contributed by atoms with Gasteiger partial charge in [0.2, 0.25) is 5.91 Å². The van der Waals surface area contributed by atoms with Crippen molar-refractivity contribution < 1.29 is 19.8 Å². The van der Waals surface area contributed by atoms with Crippen molar-refractivity contribution in [2.24, 2.45) is 0 Å². The molecule has 5 N–H and O–H groups in total. The van der Waals surface area contributed by atoms with Gasteiger partial charge in [-0.1, -0.05) is 0 Å². The second kappa shape index (κ2) is 6.49. The molecule has 0 aliphatic carbocycles. The normalized spacial score (nSPS) is 9.86. The van der Waals surface area contributed by atoms with Crippen LogP contribution in [0.1, 0.15) is 6.92 Å². The number of phenolic OH excluding ortho intramolecular Hbond substituents is 2. The van der Waals surface area contributed by atoms with E-state index in [0.717, 1.165) is 6.07 Å². The fourth-order valence-electron chi connectivity index (χ4n) is 1.80. The van der Waals surface area contributed by atoms with Crippen molar-refractivity contribution in [3.8, 4) is 11.5 Å². The number of rotatable bonds is 3. The van der Waals surface area contributed by atoms with E-state index >= 15 is 0 Å². The number of phenols is 2. The minimum absolute atomic E-state index is 0.157. The lowest BCUT2D eigenvalue weighted by molar-refractivity contribution is -0.114. The third-order valence-corrected chi connectivity index (χ3v) is 2.62. The van der Waals surface area contributed by atoms with E-state index in [9.17, 15) is 19.8 Å². The number of benzene rings is 2. The highest BCUT2D eigenvalue weighted by Crippen LogP contribution is 2.24. The quantitative estimate of drug-likeness (QED) is 0.600. The lowest BCUT2D eigenvalue weighted by Gasteiger charge is -2.09. The van der Waals surface area contributed by atoms with Crippen molar-refractivity contribution in [3.05, 3.63) is 42.5 Å².